The average molecular weight is 414 g/mol. The van der Waals surface area contributed by atoms with Crippen LogP contribution in [0.1, 0.15) is 44.6 Å². The number of aromatic amines is 1. The second kappa shape index (κ2) is 9.45. The van der Waals surface area contributed by atoms with E-state index < -0.39 is 0 Å². The Morgan fingerprint density at radius 1 is 1.00 bits per heavy atom. The Morgan fingerprint density at radius 3 is 2.20 bits per heavy atom. The molecule has 0 bridgehead atoms. The van der Waals surface area contributed by atoms with Crippen LogP contribution < -0.4 is 9.47 Å². The third-order valence-corrected chi connectivity index (χ3v) is 5.75. The van der Waals surface area contributed by atoms with Crippen molar-refractivity contribution in [2.24, 2.45) is 0 Å². The van der Waals surface area contributed by atoms with Crippen LogP contribution in [0.25, 0.3) is 0 Å². The van der Waals surface area contributed by atoms with Crippen LogP contribution in [0.15, 0.2) is 18.2 Å². The van der Waals surface area contributed by atoms with Crippen LogP contribution in [0.4, 0.5) is 0 Å². The number of hydrogen-bond donors (Lipinski definition) is 1. The Hall–Kier alpha value is -2.64. The zero-order chi connectivity index (χ0) is 21.8. The van der Waals surface area contributed by atoms with Crippen molar-refractivity contribution in [3.05, 3.63) is 46.3 Å². The van der Waals surface area contributed by atoms with Gasteiger partial charge in [-0.05, 0) is 44.0 Å². The van der Waals surface area contributed by atoms with Crippen LogP contribution in [0.3, 0.4) is 0 Å². The molecule has 0 radical (unpaired) electrons. The van der Waals surface area contributed by atoms with E-state index in [-0.39, 0.29) is 11.6 Å². The fourth-order valence-electron chi connectivity index (χ4n) is 4.18. The van der Waals surface area contributed by atoms with Gasteiger partial charge in [0.15, 0.2) is 23.1 Å². The van der Waals surface area contributed by atoms with Gasteiger partial charge >= 0.3 is 0 Å². The van der Waals surface area contributed by atoms with Gasteiger partial charge in [0.25, 0.3) is 0 Å². The number of ketones is 2. The third-order valence-electron chi connectivity index (χ3n) is 5.75. The molecular weight excluding hydrogens is 382 g/mol. The first-order valence-electron chi connectivity index (χ1n) is 10.2. The number of rotatable bonds is 8. The molecule has 0 saturated carbocycles. The highest BCUT2D eigenvalue weighted by Crippen LogP contribution is 2.28. The van der Waals surface area contributed by atoms with Gasteiger partial charge in [-0.3, -0.25) is 19.4 Å². The molecule has 1 saturated heterocycles. The van der Waals surface area contributed by atoms with Crippen molar-refractivity contribution in [1.82, 2.24) is 14.8 Å². The highest BCUT2D eigenvalue weighted by molar-refractivity contribution is 6.03. The van der Waals surface area contributed by atoms with Gasteiger partial charge in [0.2, 0.25) is 0 Å². The van der Waals surface area contributed by atoms with Crippen molar-refractivity contribution in [3.8, 4) is 11.5 Å². The first-order chi connectivity index (χ1) is 14.3. The fraction of sp³-hybridized carbons (Fsp3) is 0.478. The minimum Gasteiger partial charge on any atom is -0.493 e. The van der Waals surface area contributed by atoms with E-state index in [1.165, 1.54) is 12.5 Å². The molecule has 2 aromatic rings. The number of piperazine rings is 1. The quantitative estimate of drug-likeness (QED) is 0.671. The van der Waals surface area contributed by atoms with Crippen LogP contribution in [0.2, 0.25) is 0 Å². The molecule has 0 amide bonds. The number of carbonyl (C=O) groups is 2. The molecule has 1 aromatic heterocycles. The summed E-state index contributed by atoms with van der Waals surface area (Å²) in [4.78, 5) is 32.3. The first kappa shape index (κ1) is 22.1. The number of H-pyrrole nitrogens is 1. The molecule has 162 valence electrons. The van der Waals surface area contributed by atoms with Gasteiger partial charge in [0.05, 0.1) is 26.5 Å². The zero-order valence-corrected chi connectivity index (χ0v) is 18.5. The molecule has 1 aliphatic heterocycles. The number of ether oxygens (including phenoxy) is 2. The highest BCUT2D eigenvalue weighted by atomic mass is 16.5. The van der Waals surface area contributed by atoms with Crippen molar-refractivity contribution in [2.75, 3.05) is 46.9 Å². The normalized spacial score (nSPS) is 15.2. The molecule has 0 unspecified atom stereocenters. The first-order valence-corrected chi connectivity index (χ1v) is 10.2. The smallest absolute Gasteiger partial charge is 0.193 e. The van der Waals surface area contributed by atoms with Gasteiger partial charge < -0.3 is 14.5 Å². The van der Waals surface area contributed by atoms with Gasteiger partial charge in [-0.2, -0.15) is 0 Å². The summed E-state index contributed by atoms with van der Waals surface area (Å²) in [5, 5.41) is 0. The maximum absolute atomic E-state index is 12.8. The summed E-state index contributed by atoms with van der Waals surface area (Å²) >= 11 is 0. The molecule has 1 aromatic carbocycles. The minimum absolute atomic E-state index is 0.0101. The van der Waals surface area contributed by atoms with E-state index in [1.54, 1.807) is 14.2 Å². The van der Waals surface area contributed by atoms with Crippen LogP contribution in [-0.4, -0.2) is 73.3 Å². The lowest BCUT2D eigenvalue weighted by Gasteiger charge is -2.34. The summed E-state index contributed by atoms with van der Waals surface area (Å²) in [7, 11) is 3.28. The van der Waals surface area contributed by atoms with Crippen molar-refractivity contribution < 1.29 is 19.1 Å². The maximum Gasteiger partial charge on any atom is 0.193 e. The van der Waals surface area contributed by atoms with Gasteiger partial charge in [0.1, 0.15) is 0 Å². The monoisotopic (exact) mass is 413 g/mol. The SMILES string of the molecule is COc1ccc(CN2CCN(CC(=O)c3[nH]c(C)c(C(C)=O)c3C)CC2)cc1OC. The van der Waals surface area contributed by atoms with Gasteiger partial charge in [-0.1, -0.05) is 6.07 Å². The number of aryl methyl sites for hydroxylation is 1. The van der Waals surface area contributed by atoms with Crippen LogP contribution in [0.5, 0.6) is 11.5 Å². The molecular formula is C23H31N3O4. The number of nitrogens with one attached hydrogen (secondary N) is 1. The Bertz CT molecular complexity index is 927. The predicted molar refractivity (Wildman–Crippen MR) is 116 cm³/mol. The van der Waals surface area contributed by atoms with Gasteiger partial charge in [-0.15, -0.1) is 0 Å². The summed E-state index contributed by atoms with van der Waals surface area (Å²) in [5.41, 5.74) is 3.90. The van der Waals surface area contributed by atoms with E-state index >= 15 is 0 Å². The summed E-state index contributed by atoms with van der Waals surface area (Å²) in [6.45, 7) is 9.86. The Labute approximate surface area is 178 Å². The predicted octanol–water partition coefficient (Wildman–Crippen LogP) is 2.85. The maximum atomic E-state index is 12.8. The second-order valence-electron chi connectivity index (χ2n) is 7.85. The lowest BCUT2D eigenvalue weighted by Crippen LogP contribution is -2.47. The van der Waals surface area contributed by atoms with E-state index in [2.05, 4.69) is 20.9 Å². The lowest BCUT2D eigenvalue weighted by atomic mass is 10.1. The van der Waals surface area contributed by atoms with E-state index in [0.717, 1.165) is 55.5 Å². The standard InChI is InChI=1S/C23H31N3O4/c1-15-22(17(3)27)16(2)24-23(15)19(28)14-26-10-8-25(9-11-26)13-18-6-7-20(29-4)21(12-18)30-5/h6-7,12,24H,8-11,13-14H2,1-5H3. The lowest BCUT2D eigenvalue weighted by molar-refractivity contribution is 0.0839. The summed E-state index contributed by atoms with van der Waals surface area (Å²) in [6, 6.07) is 6.00. The number of Topliss-reactive ketones (excluding diaryl/α,β-unsaturated/α-hetero) is 2. The minimum atomic E-state index is -0.0101. The second-order valence-corrected chi connectivity index (χ2v) is 7.85. The molecule has 0 atom stereocenters. The number of aromatic nitrogens is 1. The molecule has 1 N–H and O–H groups in total. The third kappa shape index (κ3) is 4.74. The highest BCUT2D eigenvalue weighted by Gasteiger charge is 2.24. The molecule has 2 heterocycles. The zero-order valence-electron chi connectivity index (χ0n) is 18.5. The fourth-order valence-corrected chi connectivity index (χ4v) is 4.18. The van der Waals surface area contributed by atoms with E-state index in [9.17, 15) is 9.59 Å². The topological polar surface area (TPSA) is 74.9 Å². The summed E-state index contributed by atoms with van der Waals surface area (Å²) in [6.07, 6.45) is 0. The Kier molecular flexibility index (Phi) is 6.95. The van der Waals surface area contributed by atoms with Crippen molar-refractivity contribution in [2.45, 2.75) is 27.3 Å². The number of benzene rings is 1. The molecule has 0 aliphatic carbocycles. The van der Waals surface area contributed by atoms with Crippen molar-refractivity contribution >= 4 is 11.6 Å². The van der Waals surface area contributed by atoms with E-state index in [4.69, 9.17) is 9.47 Å². The number of methoxy groups -OCH3 is 2. The number of nitrogens with zero attached hydrogens (tertiary/aromatic N) is 2. The van der Waals surface area contributed by atoms with E-state index in [1.807, 2.05) is 26.0 Å². The van der Waals surface area contributed by atoms with E-state index in [0.29, 0.717) is 17.8 Å². The molecule has 3 rings (SSSR count). The number of carbonyl (C=O) groups excluding carboxylic acids is 2. The molecule has 1 fully saturated rings. The van der Waals surface area contributed by atoms with Crippen molar-refractivity contribution in [3.63, 3.8) is 0 Å². The van der Waals surface area contributed by atoms with Gasteiger partial charge in [0, 0.05) is 44.0 Å². The largest absolute Gasteiger partial charge is 0.493 e. The van der Waals surface area contributed by atoms with Crippen LogP contribution >= 0.6 is 0 Å². The molecule has 1 aliphatic rings. The Balaban J connectivity index is 1.55. The summed E-state index contributed by atoms with van der Waals surface area (Å²) < 4.78 is 10.7. The Morgan fingerprint density at radius 2 is 1.63 bits per heavy atom. The molecule has 0 spiro atoms. The molecule has 30 heavy (non-hydrogen) atoms. The van der Waals surface area contributed by atoms with Crippen LogP contribution in [0, 0.1) is 13.8 Å². The van der Waals surface area contributed by atoms with Crippen LogP contribution in [-0.2, 0) is 6.54 Å². The number of hydrogen-bond acceptors (Lipinski definition) is 6. The van der Waals surface area contributed by atoms with Crippen molar-refractivity contribution in [1.29, 1.82) is 0 Å². The summed E-state index contributed by atoms with van der Waals surface area (Å²) in [5.74, 6) is 1.49. The van der Waals surface area contributed by atoms with Gasteiger partial charge in [-0.25, -0.2) is 0 Å². The molecule has 7 nitrogen and oxygen atoms in total. The average Bonchev–Trinajstić information content (AvgIpc) is 3.03. The molecule has 7 heteroatoms.